The molecule has 0 fully saturated rings. The van der Waals surface area contributed by atoms with Crippen LogP contribution in [0, 0.1) is 11.5 Å². The van der Waals surface area contributed by atoms with Crippen molar-refractivity contribution in [3.63, 3.8) is 0 Å². The van der Waals surface area contributed by atoms with E-state index in [1.54, 1.807) is 4.90 Å². The Bertz CT molecular complexity index is 561. The minimum absolute atomic E-state index is 0.675. The molecule has 0 amide bonds. The van der Waals surface area contributed by atoms with Crippen molar-refractivity contribution in [1.82, 2.24) is 0 Å². The van der Waals surface area contributed by atoms with Gasteiger partial charge in [0, 0.05) is 11.9 Å². The number of anilines is 1. The van der Waals surface area contributed by atoms with Gasteiger partial charge >= 0.3 is 0 Å². The van der Waals surface area contributed by atoms with Crippen LogP contribution in [0.2, 0.25) is 0 Å². The predicted octanol–water partition coefficient (Wildman–Crippen LogP) is 3.70. The van der Waals surface area contributed by atoms with Gasteiger partial charge in [-0.1, -0.05) is 42.5 Å². The minimum Gasteiger partial charge on any atom is -0.279 e. The molecule has 0 unspecified atom stereocenters. The fourth-order valence-corrected chi connectivity index (χ4v) is 1.89. The molecule has 2 nitrogen and oxygen atoms in total. The predicted molar refractivity (Wildman–Crippen MR) is 71.7 cm³/mol. The Morgan fingerprint density at radius 3 is 2.71 bits per heavy atom. The van der Waals surface area contributed by atoms with Crippen molar-refractivity contribution < 1.29 is 0 Å². The van der Waals surface area contributed by atoms with E-state index in [1.165, 1.54) is 0 Å². The van der Waals surface area contributed by atoms with Crippen LogP contribution in [0.25, 0.3) is 10.8 Å². The Kier molecular flexibility index (Phi) is 3.42. The summed E-state index contributed by atoms with van der Waals surface area (Å²) < 4.78 is 0. The van der Waals surface area contributed by atoms with E-state index in [0.29, 0.717) is 6.54 Å². The number of nitrogens with zero attached hydrogens (tertiary/aromatic N) is 2. The average molecular weight is 222 g/mol. The fourth-order valence-electron chi connectivity index (χ4n) is 1.89. The third-order valence-electron chi connectivity index (χ3n) is 2.73. The second-order valence-corrected chi connectivity index (χ2v) is 3.83. The van der Waals surface area contributed by atoms with Crippen molar-refractivity contribution in [1.29, 1.82) is 5.26 Å². The Morgan fingerprint density at radius 1 is 1.18 bits per heavy atom. The lowest BCUT2D eigenvalue weighted by atomic mass is 10.1. The Morgan fingerprint density at radius 2 is 1.94 bits per heavy atom. The van der Waals surface area contributed by atoms with Gasteiger partial charge in [0.15, 0.2) is 6.19 Å². The molecular formula is C15H14N2. The SMILES string of the molecule is C=CCCN(C#N)c1cccc2ccccc12. The van der Waals surface area contributed by atoms with E-state index in [1.807, 2.05) is 36.4 Å². The van der Waals surface area contributed by atoms with Gasteiger partial charge in [0.2, 0.25) is 0 Å². The van der Waals surface area contributed by atoms with Crippen molar-refractivity contribution >= 4 is 16.5 Å². The summed E-state index contributed by atoms with van der Waals surface area (Å²) in [7, 11) is 0. The standard InChI is InChI=1S/C15H14N2/c1-2-3-11-17(12-16)15-10-6-8-13-7-4-5-9-14(13)15/h2,4-10H,1,3,11H2. The van der Waals surface area contributed by atoms with E-state index in [2.05, 4.69) is 24.9 Å². The molecule has 0 atom stereocenters. The number of hydrogen-bond acceptors (Lipinski definition) is 2. The van der Waals surface area contributed by atoms with Gasteiger partial charge < -0.3 is 0 Å². The monoisotopic (exact) mass is 222 g/mol. The lowest BCUT2D eigenvalue weighted by Gasteiger charge is -2.16. The zero-order valence-corrected chi connectivity index (χ0v) is 9.63. The number of nitriles is 1. The zero-order chi connectivity index (χ0) is 12.1. The van der Waals surface area contributed by atoms with Gasteiger partial charge in [0.05, 0.1) is 5.69 Å². The van der Waals surface area contributed by atoms with Crippen LogP contribution in [-0.4, -0.2) is 6.54 Å². The van der Waals surface area contributed by atoms with E-state index in [0.717, 1.165) is 22.9 Å². The van der Waals surface area contributed by atoms with Gasteiger partial charge in [0.25, 0.3) is 0 Å². The van der Waals surface area contributed by atoms with Crippen LogP contribution < -0.4 is 4.90 Å². The number of fused-ring (bicyclic) bond motifs is 1. The van der Waals surface area contributed by atoms with Gasteiger partial charge in [-0.15, -0.1) is 6.58 Å². The molecule has 0 saturated heterocycles. The van der Waals surface area contributed by atoms with Crippen LogP contribution in [0.1, 0.15) is 6.42 Å². The lowest BCUT2D eigenvalue weighted by Crippen LogP contribution is -2.17. The highest BCUT2D eigenvalue weighted by molar-refractivity contribution is 5.94. The topological polar surface area (TPSA) is 27.0 Å². The highest BCUT2D eigenvalue weighted by Crippen LogP contribution is 2.26. The highest BCUT2D eigenvalue weighted by Gasteiger charge is 2.07. The van der Waals surface area contributed by atoms with Crippen molar-refractivity contribution in [2.75, 3.05) is 11.4 Å². The first-order valence-corrected chi connectivity index (χ1v) is 5.62. The first-order valence-electron chi connectivity index (χ1n) is 5.62. The average Bonchev–Trinajstić information content (AvgIpc) is 2.40. The molecule has 0 spiro atoms. The molecular weight excluding hydrogens is 208 g/mol. The minimum atomic E-state index is 0.675. The Balaban J connectivity index is 2.46. The van der Waals surface area contributed by atoms with E-state index in [9.17, 15) is 5.26 Å². The van der Waals surface area contributed by atoms with Crippen LogP contribution in [0.4, 0.5) is 5.69 Å². The molecule has 84 valence electrons. The summed E-state index contributed by atoms with van der Waals surface area (Å²) in [5, 5.41) is 11.5. The van der Waals surface area contributed by atoms with Crippen molar-refractivity contribution in [3.05, 3.63) is 55.1 Å². The molecule has 0 N–H and O–H groups in total. The third-order valence-corrected chi connectivity index (χ3v) is 2.73. The van der Waals surface area contributed by atoms with Gasteiger partial charge in [-0.3, -0.25) is 4.90 Å². The van der Waals surface area contributed by atoms with E-state index >= 15 is 0 Å². The van der Waals surface area contributed by atoms with Gasteiger partial charge in [-0.25, -0.2) is 0 Å². The number of hydrogen-bond donors (Lipinski definition) is 0. The largest absolute Gasteiger partial charge is 0.279 e. The molecule has 2 aromatic rings. The Labute approximate surface area is 101 Å². The highest BCUT2D eigenvalue weighted by atomic mass is 15.1. The maximum Gasteiger partial charge on any atom is 0.184 e. The molecule has 2 aromatic carbocycles. The summed E-state index contributed by atoms with van der Waals surface area (Å²) >= 11 is 0. The molecule has 0 aromatic heterocycles. The normalized spacial score (nSPS) is 9.82. The fraction of sp³-hybridized carbons (Fsp3) is 0.133. The molecule has 17 heavy (non-hydrogen) atoms. The smallest absolute Gasteiger partial charge is 0.184 e. The second-order valence-electron chi connectivity index (χ2n) is 3.83. The summed E-state index contributed by atoms with van der Waals surface area (Å²) in [6.45, 7) is 4.36. The van der Waals surface area contributed by atoms with Crippen LogP contribution >= 0.6 is 0 Å². The van der Waals surface area contributed by atoms with Crippen molar-refractivity contribution in [2.24, 2.45) is 0 Å². The summed E-state index contributed by atoms with van der Waals surface area (Å²) in [6, 6.07) is 14.1. The second kappa shape index (κ2) is 5.18. The molecule has 0 radical (unpaired) electrons. The maximum absolute atomic E-state index is 9.21. The Hall–Kier alpha value is -2.27. The van der Waals surface area contributed by atoms with E-state index in [4.69, 9.17) is 0 Å². The third kappa shape index (κ3) is 2.29. The van der Waals surface area contributed by atoms with Gasteiger partial charge in [-0.05, 0) is 17.9 Å². The molecule has 0 aliphatic rings. The van der Waals surface area contributed by atoms with Crippen LogP contribution in [0.3, 0.4) is 0 Å². The summed E-state index contributed by atoms with van der Waals surface area (Å²) in [5.74, 6) is 0. The summed E-state index contributed by atoms with van der Waals surface area (Å²) in [4.78, 5) is 1.71. The first-order chi connectivity index (χ1) is 8.36. The molecule has 2 heteroatoms. The van der Waals surface area contributed by atoms with Crippen LogP contribution in [0.5, 0.6) is 0 Å². The molecule has 0 aliphatic carbocycles. The summed E-state index contributed by atoms with van der Waals surface area (Å²) in [6.07, 6.45) is 4.86. The van der Waals surface area contributed by atoms with Crippen molar-refractivity contribution in [3.8, 4) is 6.19 Å². The van der Waals surface area contributed by atoms with Gasteiger partial charge in [-0.2, -0.15) is 5.26 Å². The number of benzene rings is 2. The maximum atomic E-state index is 9.21. The molecule has 0 saturated carbocycles. The van der Waals surface area contributed by atoms with Crippen molar-refractivity contribution in [2.45, 2.75) is 6.42 Å². The summed E-state index contributed by atoms with van der Waals surface area (Å²) in [5.41, 5.74) is 0.965. The van der Waals surface area contributed by atoms with Crippen LogP contribution in [-0.2, 0) is 0 Å². The van der Waals surface area contributed by atoms with Crippen LogP contribution in [0.15, 0.2) is 55.1 Å². The lowest BCUT2D eigenvalue weighted by molar-refractivity contribution is 0.948. The van der Waals surface area contributed by atoms with E-state index < -0.39 is 0 Å². The van der Waals surface area contributed by atoms with E-state index in [-0.39, 0.29) is 0 Å². The quantitative estimate of drug-likeness (QED) is 0.448. The molecule has 0 bridgehead atoms. The molecule has 2 rings (SSSR count). The van der Waals surface area contributed by atoms with Gasteiger partial charge in [0.1, 0.15) is 0 Å². The first kappa shape index (κ1) is 11.2. The number of rotatable bonds is 4. The zero-order valence-electron chi connectivity index (χ0n) is 9.63. The molecule has 0 heterocycles. The molecule has 0 aliphatic heterocycles.